The molecule has 2 N–H and O–H groups in total. The molecule has 20 heavy (non-hydrogen) atoms. The lowest BCUT2D eigenvalue weighted by atomic mass is 10.1. The molecule has 5 nitrogen and oxygen atoms in total. The lowest BCUT2D eigenvalue weighted by molar-refractivity contribution is -0.116. The molecule has 0 spiro atoms. The van der Waals surface area contributed by atoms with Gasteiger partial charge in [-0.15, -0.1) is 0 Å². The van der Waals surface area contributed by atoms with Crippen molar-refractivity contribution in [1.82, 2.24) is 4.90 Å². The summed E-state index contributed by atoms with van der Waals surface area (Å²) < 4.78 is 0. The Kier molecular flexibility index (Phi) is 4.87. The van der Waals surface area contributed by atoms with Crippen molar-refractivity contribution in [2.24, 2.45) is 0 Å². The number of carbonyl (C=O) groups is 2. The average molecular weight is 276 g/mol. The zero-order valence-corrected chi connectivity index (χ0v) is 11.6. The zero-order chi connectivity index (χ0) is 14.5. The van der Waals surface area contributed by atoms with Crippen LogP contribution >= 0.6 is 0 Å². The van der Waals surface area contributed by atoms with Gasteiger partial charge in [0.15, 0.2) is 5.78 Å². The van der Waals surface area contributed by atoms with Crippen molar-refractivity contribution in [2.45, 2.75) is 25.9 Å². The second-order valence-electron chi connectivity index (χ2n) is 5.17. The Morgan fingerprint density at radius 3 is 2.60 bits per heavy atom. The van der Waals surface area contributed by atoms with E-state index in [-0.39, 0.29) is 17.8 Å². The monoisotopic (exact) mass is 276 g/mol. The molecule has 0 unspecified atom stereocenters. The number of hydrogen-bond donors (Lipinski definition) is 2. The summed E-state index contributed by atoms with van der Waals surface area (Å²) in [6, 6.07) is 6.87. The van der Waals surface area contributed by atoms with Crippen molar-refractivity contribution in [2.75, 3.05) is 25.0 Å². The van der Waals surface area contributed by atoms with Crippen LogP contribution in [0.15, 0.2) is 24.3 Å². The van der Waals surface area contributed by atoms with Gasteiger partial charge < -0.3 is 15.3 Å². The maximum absolute atomic E-state index is 11.8. The van der Waals surface area contributed by atoms with E-state index in [1.165, 1.54) is 6.92 Å². The van der Waals surface area contributed by atoms with Gasteiger partial charge in [0.1, 0.15) is 0 Å². The Balaban J connectivity index is 1.77. The first-order valence-electron chi connectivity index (χ1n) is 6.86. The zero-order valence-electron chi connectivity index (χ0n) is 11.6. The van der Waals surface area contributed by atoms with Gasteiger partial charge in [0.2, 0.25) is 5.91 Å². The molecule has 1 aromatic carbocycles. The Morgan fingerprint density at radius 2 is 2.05 bits per heavy atom. The number of rotatable bonds is 5. The van der Waals surface area contributed by atoms with Crippen molar-refractivity contribution in [3.8, 4) is 0 Å². The number of aliphatic hydroxyl groups excluding tert-OH is 1. The minimum Gasteiger partial charge on any atom is -0.392 e. The Morgan fingerprint density at radius 1 is 1.35 bits per heavy atom. The first-order chi connectivity index (χ1) is 9.54. The van der Waals surface area contributed by atoms with Crippen molar-refractivity contribution in [3.63, 3.8) is 0 Å². The summed E-state index contributed by atoms with van der Waals surface area (Å²) in [5, 5.41) is 12.2. The fourth-order valence-electron chi connectivity index (χ4n) is 2.29. The van der Waals surface area contributed by atoms with Crippen LogP contribution in [0, 0.1) is 0 Å². The third-order valence-electron chi connectivity index (χ3n) is 3.48. The number of likely N-dealkylation sites (tertiary alicyclic amines) is 1. The SMILES string of the molecule is CC(=O)c1ccc(NC(=O)CCN2CC[C@H](O)C2)cc1. The van der Waals surface area contributed by atoms with Gasteiger partial charge in [0.25, 0.3) is 0 Å². The van der Waals surface area contributed by atoms with E-state index >= 15 is 0 Å². The molecular weight excluding hydrogens is 256 g/mol. The van der Waals surface area contributed by atoms with Crippen LogP contribution in [0.5, 0.6) is 0 Å². The first-order valence-corrected chi connectivity index (χ1v) is 6.86. The number of Topliss-reactive ketones (excluding diaryl/α,β-unsaturated/α-hetero) is 1. The Hall–Kier alpha value is -1.72. The van der Waals surface area contributed by atoms with E-state index in [2.05, 4.69) is 10.2 Å². The summed E-state index contributed by atoms with van der Waals surface area (Å²) in [5.74, 6) is -0.0440. The molecule has 0 radical (unpaired) electrons. The van der Waals surface area contributed by atoms with E-state index in [9.17, 15) is 14.7 Å². The average Bonchev–Trinajstić information content (AvgIpc) is 2.83. The van der Waals surface area contributed by atoms with Gasteiger partial charge in [-0.25, -0.2) is 0 Å². The fourth-order valence-corrected chi connectivity index (χ4v) is 2.29. The Bertz CT molecular complexity index is 484. The minimum absolute atomic E-state index is 0.00969. The molecule has 0 saturated carbocycles. The Labute approximate surface area is 118 Å². The summed E-state index contributed by atoms with van der Waals surface area (Å²) in [5.41, 5.74) is 1.33. The molecular formula is C15H20N2O3. The number of hydrogen-bond acceptors (Lipinski definition) is 4. The molecule has 108 valence electrons. The van der Waals surface area contributed by atoms with Crippen molar-refractivity contribution >= 4 is 17.4 Å². The second-order valence-corrected chi connectivity index (χ2v) is 5.17. The summed E-state index contributed by atoms with van der Waals surface area (Å²) in [6.07, 6.45) is 0.937. The number of benzene rings is 1. The predicted molar refractivity (Wildman–Crippen MR) is 76.8 cm³/mol. The highest BCUT2D eigenvalue weighted by Gasteiger charge is 2.20. The normalized spacial score (nSPS) is 19.0. The molecule has 1 amide bonds. The van der Waals surface area contributed by atoms with Gasteiger partial charge in [-0.2, -0.15) is 0 Å². The number of aliphatic hydroxyl groups is 1. The van der Waals surface area contributed by atoms with Crippen LogP contribution in [-0.2, 0) is 4.79 Å². The number of β-amino-alcohol motifs (C(OH)–C–C–N with tert-alkyl or cyclic N) is 1. The minimum atomic E-state index is -0.253. The van der Waals surface area contributed by atoms with Crippen LogP contribution in [0.1, 0.15) is 30.1 Å². The maximum Gasteiger partial charge on any atom is 0.225 e. The topological polar surface area (TPSA) is 69.6 Å². The number of nitrogens with zero attached hydrogens (tertiary/aromatic N) is 1. The first kappa shape index (κ1) is 14.7. The summed E-state index contributed by atoms with van der Waals surface area (Å²) >= 11 is 0. The van der Waals surface area contributed by atoms with Gasteiger partial charge in [-0.05, 0) is 37.6 Å². The second kappa shape index (κ2) is 6.63. The lowest BCUT2D eigenvalue weighted by Gasteiger charge is -2.14. The van der Waals surface area contributed by atoms with Crippen molar-refractivity contribution in [3.05, 3.63) is 29.8 Å². The fraction of sp³-hybridized carbons (Fsp3) is 0.467. The molecule has 1 aromatic rings. The standard InChI is InChI=1S/C15H20N2O3/c1-11(18)12-2-4-13(5-3-12)16-15(20)7-9-17-8-6-14(19)10-17/h2-5,14,19H,6-10H2,1H3,(H,16,20)/t14-/m0/s1. The van der Waals surface area contributed by atoms with Gasteiger partial charge in [-0.3, -0.25) is 9.59 Å². The smallest absolute Gasteiger partial charge is 0.225 e. The van der Waals surface area contributed by atoms with Crippen LogP contribution in [0.2, 0.25) is 0 Å². The highest BCUT2D eigenvalue weighted by Crippen LogP contribution is 2.12. The number of ketones is 1. The van der Waals surface area contributed by atoms with E-state index < -0.39 is 0 Å². The third kappa shape index (κ3) is 4.15. The highest BCUT2D eigenvalue weighted by molar-refractivity contribution is 5.95. The number of carbonyl (C=O) groups excluding carboxylic acids is 2. The van der Waals surface area contributed by atoms with Crippen LogP contribution in [-0.4, -0.2) is 47.4 Å². The summed E-state index contributed by atoms with van der Waals surface area (Å²) in [6.45, 7) is 3.68. The highest BCUT2D eigenvalue weighted by atomic mass is 16.3. The molecule has 0 aromatic heterocycles. The predicted octanol–water partition coefficient (Wildman–Crippen LogP) is 1.28. The van der Waals surface area contributed by atoms with Crippen molar-refractivity contribution < 1.29 is 14.7 Å². The van der Waals surface area contributed by atoms with E-state index in [0.29, 0.717) is 30.8 Å². The molecule has 1 fully saturated rings. The number of amides is 1. The molecule has 0 bridgehead atoms. The van der Waals surface area contributed by atoms with Crippen molar-refractivity contribution in [1.29, 1.82) is 0 Å². The molecule has 1 aliphatic rings. The van der Waals surface area contributed by atoms with E-state index in [1.807, 2.05) is 0 Å². The van der Waals surface area contributed by atoms with Gasteiger partial charge in [-0.1, -0.05) is 0 Å². The van der Waals surface area contributed by atoms with Crippen LogP contribution in [0.4, 0.5) is 5.69 Å². The van der Waals surface area contributed by atoms with Gasteiger partial charge >= 0.3 is 0 Å². The molecule has 0 aliphatic carbocycles. The third-order valence-corrected chi connectivity index (χ3v) is 3.48. The van der Waals surface area contributed by atoms with Crippen LogP contribution in [0.3, 0.4) is 0 Å². The quantitative estimate of drug-likeness (QED) is 0.795. The largest absolute Gasteiger partial charge is 0.392 e. The van der Waals surface area contributed by atoms with E-state index in [0.717, 1.165) is 13.0 Å². The van der Waals surface area contributed by atoms with Crippen LogP contribution < -0.4 is 5.32 Å². The van der Waals surface area contributed by atoms with E-state index in [4.69, 9.17) is 0 Å². The van der Waals surface area contributed by atoms with Gasteiger partial charge in [0, 0.05) is 37.3 Å². The molecule has 5 heteroatoms. The van der Waals surface area contributed by atoms with Crippen LogP contribution in [0.25, 0.3) is 0 Å². The summed E-state index contributed by atoms with van der Waals surface area (Å²) in [4.78, 5) is 25.0. The molecule has 1 atom stereocenters. The molecule has 1 saturated heterocycles. The molecule has 1 heterocycles. The summed E-state index contributed by atoms with van der Waals surface area (Å²) in [7, 11) is 0. The molecule has 2 rings (SSSR count). The lowest BCUT2D eigenvalue weighted by Crippen LogP contribution is -2.26. The maximum atomic E-state index is 11.8. The van der Waals surface area contributed by atoms with Gasteiger partial charge in [0.05, 0.1) is 6.10 Å². The number of anilines is 1. The molecule has 1 aliphatic heterocycles. The number of nitrogens with one attached hydrogen (secondary N) is 1. The van der Waals surface area contributed by atoms with E-state index in [1.54, 1.807) is 24.3 Å².